The second kappa shape index (κ2) is 19.0. The molecule has 1 N–H and O–H groups in total. The molecule has 0 atom stereocenters. The third kappa shape index (κ3) is 8.46. The smallest absolute Gasteiger partial charge is 0.239 e. The van der Waals surface area contributed by atoms with Gasteiger partial charge in [0.05, 0.1) is 11.5 Å². The first kappa shape index (κ1) is 32.8. The predicted molar refractivity (Wildman–Crippen MR) is 155 cm³/mol. The molecular formula is C31H46N4O. The standard InChI is InChI=1S/C25H31N3O.C2H3N.2C2H6/c1-4-7-11-21(10-5-2)20(6-3)12-9-19-28-23-22(13-8-16-27-23)25(24(28)29)14-17-26-18-15-25;1-2-3;2*1-2/h5-13,16,26H,2,4,14-15,17-19H2,1,3H3;1H3;2*1-2H3/b11-7-,12-9-,20-6+,21-10+;;;. The normalized spacial score (nSPS) is 16.3. The van der Waals surface area contributed by atoms with E-state index in [-0.39, 0.29) is 5.91 Å². The van der Waals surface area contributed by atoms with Gasteiger partial charge in [-0.3, -0.25) is 9.69 Å². The van der Waals surface area contributed by atoms with Crippen molar-refractivity contribution in [2.75, 3.05) is 24.5 Å². The largest absolute Gasteiger partial charge is 0.317 e. The first-order chi connectivity index (χ1) is 17.6. The molecule has 0 unspecified atom stereocenters. The van der Waals surface area contributed by atoms with E-state index in [9.17, 15) is 4.79 Å². The fourth-order valence-corrected chi connectivity index (χ4v) is 4.23. The highest BCUT2D eigenvalue weighted by atomic mass is 16.2. The quantitative estimate of drug-likeness (QED) is 0.410. The molecule has 2 aliphatic rings. The Morgan fingerprint density at radius 2 is 1.81 bits per heavy atom. The molecule has 0 saturated carbocycles. The molecule has 196 valence electrons. The van der Waals surface area contributed by atoms with Gasteiger partial charge in [0.1, 0.15) is 5.82 Å². The summed E-state index contributed by atoms with van der Waals surface area (Å²) in [6.45, 7) is 19.7. The molecule has 1 amide bonds. The second-order valence-electron chi connectivity index (χ2n) is 7.66. The maximum absolute atomic E-state index is 13.4. The number of pyridine rings is 1. The summed E-state index contributed by atoms with van der Waals surface area (Å²) in [4.78, 5) is 19.9. The number of nitrogens with one attached hydrogen (secondary N) is 1. The van der Waals surface area contributed by atoms with Crippen LogP contribution in [-0.2, 0) is 10.2 Å². The summed E-state index contributed by atoms with van der Waals surface area (Å²) in [7, 11) is 0. The van der Waals surface area contributed by atoms with Gasteiger partial charge in [-0.25, -0.2) is 4.98 Å². The second-order valence-corrected chi connectivity index (χ2v) is 7.66. The highest BCUT2D eigenvalue weighted by Gasteiger charge is 2.51. The van der Waals surface area contributed by atoms with E-state index in [2.05, 4.69) is 60.2 Å². The average Bonchev–Trinajstić information content (AvgIpc) is 3.15. The molecule has 1 fully saturated rings. The zero-order chi connectivity index (χ0) is 27.4. The average molecular weight is 491 g/mol. The van der Waals surface area contributed by atoms with Crippen LogP contribution >= 0.6 is 0 Å². The van der Waals surface area contributed by atoms with Gasteiger partial charge in [0, 0.05) is 25.2 Å². The van der Waals surface area contributed by atoms with Gasteiger partial charge >= 0.3 is 0 Å². The van der Waals surface area contributed by atoms with Crippen LogP contribution in [-0.4, -0.2) is 30.5 Å². The zero-order valence-electron chi connectivity index (χ0n) is 23.5. The Kier molecular flexibility index (Phi) is 17.3. The molecule has 0 bridgehead atoms. The first-order valence-corrected chi connectivity index (χ1v) is 13.2. The summed E-state index contributed by atoms with van der Waals surface area (Å²) >= 11 is 0. The van der Waals surface area contributed by atoms with Crippen LogP contribution in [0.15, 0.2) is 78.6 Å². The number of nitrogens with zero attached hydrogens (tertiary/aromatic N) is 3. The van der Waals surface area contributed by atoms with Crippen molar-refractivity contribution in [1.82, 2.24) is 10.3 Å². The molecule has 1 aromatic heterocycles. The van der Waals surface area contributed by atoms with Crippen molar-refractivity contribution in [1.29, 1.82) is 5.26 Å². The Hall–Kier alpha value is -3.23. The van der Waals surface area contributed by atoms with Gasteiger partial charge in [-0.05, 0) is 56.5 Å². The molecule has 5 nitrogen and oxygen atoms in total. The Balaban J connectivity index is 0.00000159. The third-order valence-corrected chi connectivity index (χ3v) is 5.73. The summed E-state index contributed by atoms with van der Waals surface area (Å²) in [5.41, 5.74) is 2.90. The van der Waals surface area contributed by atoms with Crippen molar-refractivity contribution in [3.05, 3.63) is 84.2 Å². The third-order valence-electron chi connectivity index (χ3n) is 5.73. The number of aromatic nitrogens is 1. The van der Waals surface area contributed by atoms with Crippen LogP contribution < -0.4 is 10.2 Å². The van der Waals surface area contributed by atoms with E-state index in [1.54, 1.807) is 18.3 Å². The number of rotatable bonds is 7. The number of hydrogen-bond acceptors (Lipinski definition) is 4. The maximum Gasteiger partial charge on any atom is 0.239 e. The molecule has 5 heteroatoms. The molecule has 2 aliphatic heterocycles. The lowest BCUT2D eigenvalue weighted by atomic mass is 9.74. The highest BCUT2D eigenvalue weighted by Crippen LogP contribution is 2.45. The molecule has 1 spiro atoms. The minimum absolute atomic E-state index is 0.187. The topological polar surface area (TPSA) is 69.0 Å². The number of carbonyl (C=O) groups excluding carboxylic acids is 1. The molecule has 0 aliphatic carbocycles. The van der Waals surface area contributed by atoms with Crippen molar-refractivity contribution in [3.8, 4) is 6.07 Å². The van der Waals surface area contributed by atoms with E-state index in [0.29, 0.717) is 6.54 Å². The molecule has 0 radical (unpaired) electrons. The maximum atomic E-state index is 13.4. The molecule has 1 saturated heterocycles. The number of allylic oxidation sites excluding steroid dienone is 8. The van der Waals surface area contributed by atoms with Crippen molar-refractivity contribution < 1.29 is 4.79 Å². The summed E-state index contributed by atoms with van der Waals surface area (Å²) in [6.07, 6.45) is 18.7. The monoisotopic (exact) mass is 490 g/mol. The van der Waals surface area contributed by atoms with Crippen LogP contribution in [0.25, 0.3) is 0 Å². The van der Waals surface area contributed by atoms with Gasteiger partial charge in [-0.15, -0.1) is 0 Å². The first-order valence-electron chi connectivity index (χ1n) is 13.2. The molecular weight excluding hydrogens is 444 g/mol. The van der Waals surface area contributed by atoms with Crippen LogP contribution in [0.5, 0.6) is 0 Å². The number of hydrogen-bond donors (Lipinski definition) is 1. The number of piperidine rings is 1. The molecule has 3 heterocycles. The Bertz CT molecular complexity index is 957. The van der Waals surface area contributed by atoms with Crippen molar-refractivity contribution >= 4 is 11.7 Å². The Labute approximate surface area is 220 Å². The molecule has 0 aromatic carbocycles. The van der Waals surface area contributed by atoms with Gasteiger partial charge in [0.15, 0.2) is 0 Å². The lowest BCUT2D eigenvalue weighted by Crippen LogP contribution is -2.47. The van der Waals surface area contributed by atoms with E-state index in [1.807, 2.05) is 51.7 Å². The predicted octanol–water partition coefficient (Wildman–Crippen LogP) is 7.21. The van der Waals surface area contributed by atoms with Gasteiger partial charge in [-0.1, -0.05) is 89.8 Å². The van der Waals surface area contributed by atoms with Gasteiger partial charge in [0.25, 0.3) is 0 Å². The number of amides is 1. The number of carbonyl (C=O) groups is 1. The summed E-state index contributed by atoms with van der Waals surface area (Å²) in [5, 5.41) is 10.7. The van der Waals surface area contributed by atoms with Gasteiger partial charge in [0.2, 0.25) is 5.91 Å². The zero-order valence-corrected chi connectivity index (χ0v) is 23.5. The van der Waals surface area contributed by atoms with Crippen LogP contribution in [0.4, 0.5) is 5.82 Å². The lowest BCUT2D eigenvalue weighted by molar-refractivity contribution is -0.124. The van der Waals surface area contributed by atoms with Crippen LogP contribution in [0.3, 0.4) is 0 Å². The van der Waals surface area contributed by atoms with E-state index >= 15 is 0 Å². The minimum Gasteiger partial charge on any atom is -0.317 e. The molecule has 3 rings (SSSR count). The number of nitriles is 1. The summed E-state index contributed by atoms with van der Waals surface area (Å²) in [5.74, 6) is 1.01. The van der Waals surface area contributed by atoms with E-state index in [1.165, 1.54) is 6.92 Å². The Morgan fingerprint density at radius 3 is 2.36 bits per heavy atom. The van der Waals surface area contributed by atoms with E-state index in [4.69, 9.17) is 5.26 Å². The van der Waals surface area contributed by atoms with E-state index in [0.717, 1.165) is 54.9 Å². The van der Waals surface area contributed by atoms with E-state index < -0.39 is 5.41 Å². The van der Waals surface area contributed by atoms with Crippen LogP contribution in [0.1, 0.15) is 73.3 Å². The minimum atomic E-state index is -0.413. The molecule has 1 aromatic rings. The van der Waals surface area contributed by atoms with Crippen LogP contribution in [0, 0.1) is 11.3 Å². The Morgan fingerprint density at radius 1 is 1.19 bits per heavy atom. The summed E-state index contributed by atoms with van der Waals surface area (Å²) in [6, 6.07) is 5.77. The molecule has 36 heavy (non-hydrogen) atoms. The number of anilines is 1. The van der Waals surface area contributed by atoms with Crippen molar-refractivity contribution in [3.63, 3.8) is 0 Å². The SMILES string of the molecule is C=C/C=C(\C=C/CC)C(/C=C\CN1C(=O)C2(CCNCC2)c2cccnc21)=C/C.CC.CC.CC#N. The van der Waals surface area contributed by atoms with Crippen LogP contribution in [0.2, 0.25) is 0 Å². The van der Waals surface area contributed by atoms with Gasteiger partial charge in [-0.2, -0.15) is 5.26 Å². The lowest BCUT2D eigenvalue weighted by Gasteiger charge is -2.32. The highest BCUT2D eigenvalue weighted by molar-refractivity contribution is 6.07. The van der Waals surface area contributed by atoms with Crippen molar-refractivity contribution in [2.45, 2.75) is 73.1 Å². The fraction of sp³-hybridized carbons (Fsp3) is 0.452. The van der Waals surface area contributed by atoms with Gasteiger partial charge < -0.3 is 5.32 Å². The summed E-state index contributed by atoms with van der Waals surface area (Å²) < 4.78 is 0. The fourth-order valence-electron chi connectivity index (χ4n) is 4.23. The number of fused-ring (bicyclic) bond motifs is 2. The van der Waals surface area contributed by atoms with Crippen molar-refractivity contribution in [2.24, 2.45) is 0 Å².